The molecule has 7 heteroatoms. The quantitative estimate of drug-likeness (QED) is 0.881. The molecule has 1 fully saturated rings. The van der Waals surface area contributed by atoms with Gasteiger partial charge in [0.25, 0.3) is 5.91 Å². The molecule has 0 atom stereocenters. The van der Waals surface area contributed by atoms with Gasteiger partial charge in [0, 0.05) is 5.56 Å². The first kappa shape index (κ1) is 13.7. The third kappa shape index (κ3) is 3.60. The predicted molar refractivity (Wildman–Crippen MR) is 59.6 cm³/mol. The molecule has 1 aromatic carbocycles. The molecule has 1 aromatic rings. The van der Waals surface area contributed by atoms with Crippen molar-refractivity contribution in [3.63, 3.8) is 0 Å². The molecule has 1 saturated carbocycles. The van der Waals surface area contributed by atoms with Gasteiger partial charge >= 0.3 is 6.36 Å². The van der Waals surface area contributed by atoms with Crippen molar-refractivity contribution in [3.8, 4) is 5.75 Å². The highest BCUT2D eigenvalue weighted by atomic mass is 19.4. The van der Waals surface area contributed by atoms with Gasteiger partial charge in [0.2, 0.25) is 0 Å². The molecule has 19 heavy (non-hydrogen) atoms. The van der Waals surface area contributed by atoms with Crippen LogP contribution in [0.25, 0.3) is 0 Å². The normalized spacial score (nSPS) is 16.8. The number of hydrogen-bond acceptors (Lipinski definition) is 3. The van der Waals surface area contributed by atoms with Crippen LogP contribution in [0.15, 0.2) is 24.3 Å². The smallest absolute Gasteiger partial charge is 0.406 e. The van der Waals surface area contributed by atoms with Crippen LogP contribution in [0.1, 0.15) is 23.2 Å². The van der Waals surface area contributed by atoms with Gasteiger partial charge in [-0.15, -0.1) is 13.2 Å². The van der Waals surface area contributed by atoms with E-state index in [1.54, 1.807) is 0 Å². The summed E-state index contributed by atoms with van der Waals surface area (Å²) in [4.78, 5) is 11.8. The van der Waals surface area contributed by atoms with Gasteiger partial charge in [-0.3, -0.25) is 4.79 Å². The van der Waals surface area contributed by atoms with Gasteiger partial charge < -0.3 is 15.2 Å². The molecule has 0 radical (unpaired) electrons. The number of benzene rings is 1. The van der Waals surface area contributed by atoms with Crippen LogP contribution in [0.2, 0.25) is 0 Å². The Hall–Kier alpha value is -1.76. The van der Waals surface area contributed by atoms with E-state index >= 15 is 0 Å². The number of carbonyl (C=O) groups excluding carboxylic acids is 1. The van der Waals surface area contributed by atoms with Crippen molar-refractivity contribution in [3.05, 3.63) is 29.8 Å². The van der Waals surface area contributed by atoms with Gasteiger partial charge in [0.1, 0.15) is 5.75 Å². The van der Waals surface area contributed by atoms with Crippen molar-refractivity contribution >= 4 is 5.91 Å². The van der Waals surface area contributed by atoms with Crippen LogP contribution < -0.4 is 10.1 Å². The highest BCUT2D eigenvalue weighted by Gasteiger charge is 2.43. The van der Waals surface area contributed by atoms with E-state index in [0.717, 1.165) is 12.1 Å². The highest BCUT2D eigenvalue weighted by Crippen LogP contribution is 2.34. The zero-order chi connectivity index (χ0) is 14.1. The Bertz CT molecular complexity index is 466. The van der Waals surface area contributed by atoms with E-state index in [-0.39, 0.29) is 17.9 Å². The van der Waals surface area contributed by atoms with E-state index in [1.165, 1.54) is 12.1 Å². The van der Waals surface area contributed by atoms with Gasteiger partial charge in [-0.1, -0.05) is 0 Å². The molecule has 0 spiro atoms. The number of carbonyl (C=O) groups is 1. The Morgan fingerprint density at radius 2 is 1.89 bits per heavy atom. The SMILES string of the molecule is O=C(NC1(CO)CC1)c1ccc(OC(F)(F)F)cc1. The molecule has 0 unspecified atom stereocenters. The Labute approximate surface area is 107 Å². The Morgan fingerprint density at radius 3 is 2.32 bits per heavy atom. The van der Waals surface area contributed by atoms with Gasteiger partial charge in [0.15, 0.2) is 0 Å². The molecule has 2 rings (SSSR count). The fourth-order valence-corrected chi connectivity index (χ4v) is 1.59. The minimum atomic E-state index is -4.75. The van der Waals surface area contributed by atoms with Crippen LogP contribution in [0, 0.1) is 0 Å². The first-order valence-electron chi connectivity index (χ1n) is 5.63. The minimum Gasteiger partial charge on any atom is -0.406 e. The molecular formula is C12H12F3NO3. The lowest BCUT2D eigenvalue weighted by molar-refractivity contribution is -0.274. The van der Waals surface area contributed by atoms with Crippen LogP contribution >= 0.6 is 0 Å². The summed E-state index contributed by atoms with van der Waals surface area (Å²) in [5.74, 6) is -0.808. The molecule has 104 valence electrons. The zero-order valence-electron chi connectivity index (χ0n) is 9.83. The predicted octanol–water partition coefficient (Wildman–Crippen LogP) is 1.84. The number of nitrogens with one attached hydrogen (secondary N) is 1. The molecular weight excluding hydrogens is 263 g/mol. The van der Waals surface area contributed by atoms with Gasteiger partial charge in [-0.25, -0.2) is 0 Å². The summed E-state index contributed by atoms with van der Waals surface area (Å²) in [6, 6.07) is 4.62. The van der Waals surface area contributed by atoms with Crippen molar-refractivity contribution in [2.24, 2.45) is 0 Å². The minimum absolute atomic E-state index is 0.145. The summed E-state index contributed by atoms with van der Waals surface area (Å²) >= 11 is 0. The number of halogens is 3. The first-order valence-corrected chi connectivity index (χ1v) is 5.63. The molecule has 1 aliphatic carbocycles. The molecule has 0 aliphatic heterocycles. The lowest BCUT2D eigenvalue weighted by atomic mass is 10.2. The van der Waals surface area contributed by atoms with Crippen LogP contribution in [0.5, 0.6) is 5.75 Å². The Morgan fingerprint density at radius 1 is 1.32 bits per heavy atom. The second-order valence-corrected chi connectivity index (χ2v) is 4.46. The topological polar surface area (TPSA) is 58.6 Å². The lowest BCUT2D eigenvalue weighted by Crippen LogP contribution is -2.39. The van der Waals surface area contributed by atoms with Crippen molar-refractivity contribution in [2.75, 3.05) is 6.61 Å². The fraction of sp³-hybridized carbons (Fsp3) is 0.417. The summed E-state index contributed by atoms with van der Waals surface area (Å²) in [5, 5.41) is 11.7. The molecule has 1 aliphatic rings. The third-order valence-corrected chi connectivity index (χ3v) is 2.88. The summed E-state index contributed by atoms with van der Waals surface area (Å²) in [5.41, 5.74) is -0.340. The number of ether oxygens (including phenoxy) is 1. The van der Waals surface area contributed by atoms with E-state index in [0.29, 0.717) is 12.8 Å². The van der Waals surface area contributed by atoms with E-state index in [1.807, 2.05) is 0 Å². The zero-order valence-corrected chi connectivity index (χ0v) is 9.83. The number of amides is 1. The van der Waals surface area contributed by atoms with Crippen molar-refractivity contribution < 1.29 is 27.8 Å². The Kier molecular flexibility index (Phi) is 3.40. The number of hydrogen-bond donors (Lipinski definition) is 2. The summed E-state index contributed by atoms with van der Waals surface area (Å²) < 4.78 is 39.5. The maximum absolute atomic E-state index is 11.9. The standard InChI is InChI=1S/C12H12F3NO3/c13-12(14,15)19-9-3-1-8(2-4-9)10(18)16-11(7-17)5-6-11/h1-4,17H,5-7H2,(H,16,18). The highest BCUT2D eigenvalue weighted by molar-refractivity contribution is 5.95. The Balaban J connectivity index is 2.00. The van der Waals surface area contributed by atoms with E-state index in [4.69, 9.17) is 5.11 Å². The van der Waals surface area contributed by atoms with Crippen LogP contribution in [-0.2, 0) is 0 Å². The second-order valence-electron chi connectivity index (χ2n) is 4.46. The van der Waals surface area contributed by atoms with Gasteiger partial charge in [-0.05, 0) is 37.1 Å². The maximum atomic E-state index is 11.9. The maximum Gasteiger partial charge on any atom is 0.573 e. The molecule has 0 bridgehead atoms. The molecule has 2 N–H and O–H groups in total. The van der Waals surface area contributed by atoms with Crippen molar-refractivity contribution in [1.29, 1.82) is 0 Å². The van der Waals surface area contributed by atoms with E-state index in [9.17, 15) is 18.0 Å². The number of alkyl halides is 3. The van der Waals surface area contributed by atoms with Crippen LogP contribution in [-0.4, -0.2) is 29.5 Å². The van der Waals surface area contributed by atoms with Crippen molar-refractivity contribution in [1.82, 2.24) is 5.32 Å². The first-order chi connectivity index (χ1) is 8.84. The second kappa shape index (κ2) is 4.73. The van der Waals surface area contributed by atoms with Crippen LogP contribution in [0.3, 0.4) is 0 Å². The molecule has 0 aromatic heterocycles. The molecule has 4 nitrogen and oxygen atoms in total. The summed E-state index contributed by atoms with van der Waals surface area (Å²) in [6.45, 7) is -0.145. The van der Waals surface area contributed by atoms with E-state index in [2.05, 4.69) is 10.1 Å². The third-order valence-electron chi connectivity index (χ3n) is 2.88. The lowest BCUT2D eigenvalue weighted by Gasteiger charge is -2.14. The number of aliphatic hydroxyl groups is 1. The van der Waals surface area contributed by atoms with Crippen molar-refractivity contribution in [2.45, 2.75) is 24.7 Å². The van der Waals surface area contributed by atoms with Gasteiger partial charge in [0.05, 0.1) is 12.1 Å². The summed E-state index contributed by atoms with van der Waals surface area (Å²) in [7, 11) is 0. The monoisotopic (exact) mass is 275 g/mol. The molecule has 0 saturated heterocycles. The largest absolute Gasteiger partial charge is 0.573 e. The summed E-state index contributed by atoms with van der Waals surface area (Å²) in [6.07, 6.45) is -3.35. The van der Waals surface area contributed by atoms with E-state index < -0.39 is 17.8 Å². The average molecular weight is 275 g/mol. The number of rotatable bonds is 4. The molecule has 0 heterocycles. The average Bonchev–Trinajstić information content (AvgIpc) is 3.08. The fourth-order valence-electron chi connectivity index (χ4n) is 1.59. The molecule has 1 amide bonds. The number of aliphatic hydroxyl groups excluding tert-OH is 1. The van der Waals surface area contributed by atoms with Gasteiger partial charge in [-0.2, -0.15) is 0 Å². The van der Waals surface area contributed by atoms with Crippen LogP contribution in [0.4, 0.5) is 13.2 Å².